The molecular weight excluding hydrogens is 208 g/mol. The maximum absolute atomic E-state index is 9.61. The highest BCUT2D eigenvalue weighted by atomic mass is 35.5. The monoisotopic (exact) mass is 226 g/mol. The third-order valence-corrected chi connectivity index (χ3v) is 2.93. The maximum atomic E-state index is 9.61. The molecule has 0 saturated carbocycles. The van der Waals surface area contributed by atoms with Crippen LogP contribution in [0.2, 0.25) is 5.02 Å². The third kappa shape index (κ3) is 4.23. The van der Waals surface area contributed by atoms with Crippen molar-refractivity contribution in [1.82, 2.24) is 0 Å². The predicted octanol–water partition coefficient (Wildman–Crippen LogP) is 3.74. The van der Waals surface area contributed by atoms with Gasteiger partial charge in [-0.05, 0) is 43.4 Å². The minimum atomic E-state index is -0.188. The van der Waals surface area contributed by atoms with Crippen molar-refractivity contribution in [2.75, 3.05) is 0 Å². The molecule has 2 heteroatoms. The number of aliphatic hydroxyl groups excluding tert-OH is 1. The van der Waals surface area contributed by atoms with E-state index in [2.05, 4.69) is 19.1 Å². The van der Waals surface area contributed by atoms with Gasteiger partial charge >= 0.3 is 0 Å². The zero-order chi connectivity index (χ0) is 11.3. The number of benzene rings is 1. The normalized spacial score (nSPS) is 12.8. The Kier molecular flexibility index (Phi) is 5.13. The maximum Gasteiger partial charge on any atom is 0.0543 e. The van der Waals surface area contributed by atoms with E-state index in [1.165, 1.54) is 5.56 Å². The Hall–Kier alpha value is -0.530. The first kappa shape index (κ1) is 12.5. The number of hydrogen-bond donors (Lipinski definition) is 1. The molecule has 0 aliphatic rings. The summed E-state index contributed by atoms with van der Waals surface area (Å²) in [5.41, 5.74) is 2.32. The first-order valence-corrected chi connectivity index (χ1v) is 5.94. The number of halogens is 1. The van der Waals surface area contributed by atoms with Crippen LogP contribution in [0.15, 0.2) is 18.2 Å². The van der Waals surface area contributed by atoms with E-state index in [1.807, 2.05) is 13.0 Å². The number of hydrogen-bond acceptors (Lipinski definition) is 1. The largest absolute Gasteiger partial charge is 0.393 e. The molecule has 0 spiro atoms. The summed E-state index contributed by atoms with van der Waals surface area (Å²) in [5.74, 6) is 0. The van der Waals surface area contributed by atoms with Crippen LogP contribution in [0.25, 0.3) is 0 Å². The van der Waals surface area contributed by atoms with Gasteiger partial charge in [0.25, 0.3) is 0 Å². The summed E-state index contributed by atoms with van der Waals surface area (Å²) in [6, 6.07) is 6.09. The number of aryl methyl sites for hydroxylation is 2. The molecule has 0 amide bonds. The number of aliphatic hydroxyl groups is 1. The Morgan fingerprint density at radius 2 is 2.07 bits per heavy atom. The lowest BCUT2D eigenvalue weighted by Crippen LogP contribution is -2.07. The van der Waals surface area contributed by atoms with Gasteiger partial charge in [-0.15, -0.1) is 0 Å². The van der Waals surface area contributed by atoms with Gasteiger partial charge in [-0.3, -0.25) is 0 Å². The van der Waals surface area contributed by atoms with Crippen molar-refractivity contribution in [3.05, 3.63) is 34.3 Å². The lowest BCUT2D eigenvalue weighted by Gasteiger charge is -2.10. The second-order valence-electron chi connectivity index (χ2n) is 4.08. The van der Waals surface area contributed by atoms with Crippen LogP contribution in [0, 0.1) is 6.92 Å². The van der Waals surface area contributed by atoms with Crippen molar-refractivity contribution in [3.8, 4) is 0 Å². The van der Waals surface area contributed by atoms with Gasteiger partial charge < -0.3 is 5.11 Å². The van der Waals surface area contributed by atoms with Crippen LogP contribution >= 0.6 is 11.6 Å². The Balaban J connectivity index is 2.50. The van der Waals surface area contributed by atoms with E-state index < -0.39 is 0 Å². The average molecular weight is 227 g/mol. The SMILES string of the molecule is CCCC(O)CCc1ccc(C)cc1Cl. The summed E-state index contributed by atoms with van der Waals surface area (Å²) in [6.45, 7) is 4.11. The molecule has 15 heavy (non-hydrogen) atoms. The summed E-state index contributed by atoms with van der Waals surface area (Å²) in [4.78, 5) is 0. The lowest BCUT2D eigenvalue weighted by molar-refractivity contribution is 0.154. The second-order valence-corrected chi connectivity index (χ2v) is 4.48. The minimum absolute atomic E-state index is 0.188. The Bertz CT molecular complexity index is 309. The fourth-order valence-corrected chi connectivity index (χ4v) is 1.98. The van der Waals surface area contributed by atoms with E-state index in [1.54, 1.807) is 0 Å². The summed E-state index contributed by atoms with van der Waals surface area (Å²) >= 11 is 6.11. The van der Waals surface area contributed by atoms with Crippen molar-refractivity contribution < 1.29 is 5.11 Å². The molecule has 0 aromatic heterocycles. The summed E-state index contributed by atoms with van der Waals surface area (Å²) in [6.07, 6.45) is 3.38. The lowest BCUT2D eigenvalue weighted by atomic mass is 10.0. The fraction of sp³-hybridized carbons (Fsp3) is 0.538. The van der Waals surface area contributed by atoms with Crippen molar-refractivity contribution in [2.24, 2.45) is 0 Å². The molecule has 1 aromatic rings. The van der Waals surface area contributed by atoms with Crippen LogP contribution in [0.3, 0.4) is 0 Å². The molecule has 0 fully saturated rings. The second kappa shape index (κ2) is 6.14. The van der Waals surface area contributed by atoms with Gasteiger partial charge in [0.1, 0.15) is 0 Å². The molecular formula is C13H19ClO. The smallest absolute Gasteiger partial charge is 0.0543 e. The van der Waals surface area contributed by atoms with Crippen LogP contribution in [-0.2, 0) is 6.42 Å². The highest BCUT2D eigenvalue weighted by Crippen LogP contribution is 2.20. The van der Waals surface area contributed by atoms with Gasteiger partial charge in [-0.2, -0.15) is 0 Å². The average Bonchev–Trinajstić information content (AvgIpc) is 2.17. The van der Waals surface area contributed by atoms with Crippen LogP contribution < -0.4 is 0 Å². The van der Waals surface area contributed by atoms with Crippen molar-refractivity contribution in [3.63, 3.8) is 0 Å². The number of rotatable bonds is 5. The Morgan fingerprint density at radius 3 is 2.67 bits per heavy atom. The molecule has 1 unspecified atom stereocenters. The molecule has 0 heterocycles. The molecule has 0 radical (unpaired) electrons. The van der Waals surface area contributed by atoms with E-state index in [0.717, 1.165) is 36.3 Å². The van der Waals surface area contributed by atoms with Gasteiger partial charge in [0.2, 0.25) is 0 Å². The Morgan fingerprint density at radius 1 is 1.33 bits per heavy atom. The van der Waals surface area contributed by atoms with E-state index in [0.29, 0.717) is 0 Å². The zero-order valence-electron chi connectivity index (χ0n) is 9.46. The molecule has 84 valence electrons. The van der Waals surface area contributed by atoms with Gasteiger partial charge in [0.05, 0.1) is 6.10 Å². The molecule has 1 N–H and O–H groups in total. The van der Waals surface area contributed by atoms with Crippen LogP contribution in [-0.4, -0.2) is 11.2 Å². The third-order valence-electron chi connectivity index (χ3n) is 2.58. The van der Waals surface area contributed by atoms with Gasteiger partial charge in [-0.25, -0.2) is 0 Å². The van der Waals surface area contributed by atoms with Crippen molar-refractivity contribution in [2.45, 2.75) is 45.6 Å². The standard InChI is InChI=1S/C13H19ClO/c1-3-4-12(15)8-7-11-6-5-10(2)9-13(11)14/h5-6,9,12,15H,3-4,7-8H2,1-2H3. The summed E-state index contributed by atoms with van der Waals surface area (Å²) in [5, 5.41) is 10.4. The molecule has 1 nitrogen and oxygen atoms in total. The van der Waals surface area contributed by atoms with Crippen LogP contribution in [0.4, 0.5) is 0 Å². The molecule has 0 aliphatic carbocycles. The van der Waals surface area contributed by atoms with Gasteiger partial charge in [0.15, 0.2) is 0 Å². The van der Waals surface area contributed by atoms with Crippen molar-refractivity contribution >= 4 is 11.6 Å². The molecule has 0 aliphatic heterocycles. The molecule has 0 saturated heterocycles. The summed E-state index contributed by atoms with van der Waals surface area (Å²) in [7, 11) is 0. The highest BCUT2D eigenvalue weighted by molar-refractivity contribution is 6.31. The molecule has 0 bridgehead atoms. The first-order chi connectivity index (χ1) is 7.13. The van der Waals surface area contributed by atoms with E-state index in [4.69, 9.17) is 11.6 Å². The van der Waals surface area contributed by atoms with E-state index in [-0.39, 0.29) is 6.10 Å². The molecule has 1 atom stereocenters. The van der Waals surface area contributed by atoms with Gasteiger partial charge in [0, 0.05) is 5.02 Å². The van der Waals surface area contributed by atoms with E-state index in [9.17, 15) is 5.11 Å². The fourth-order valence-electron chi connectivity index (χ4n) is 1.65. The Labute approximate surface area is 97.1 Å². The van der Waals surface area contributed by atoms with Crippen LogP contribution in [0.5, 0.6) is 0 Å². The highest BCUT2D eigenvalue weighted by Gasteiger charge is 2.05. The minimum Gasteiger partial charge on any atom is -0.393 e. The topological polar surface area (TPSA) is 20.2 Å². The van der Waals surface area contributed by atoms with Crippen LogP contribution in [0.1, 0.15) is 37.3 Å². The first-order valence-electron chi connectivity index (χ1n) is 5.56. The molecule has 1 aromatic carbocycles. The quantitative estimate of drug-likeness (QED) is 0.811. The van der Waals surface area contributed by atoms with E-state index >= 15 is 0 Å². The van der Waals surface area contributed by atoms with Gasteiger partial charge in [-0.1, -0.05) is 37.1 Å². The summed E-state index contributed by atoms with van der Waals surface area (Å²) < 4.78 is 0. The van der Waals surface area contributed by atoms with Crippen molar-refractivity contribution in [1.29, 1.82) is 0 Å². The predicted molar refractivity (Wildman–Crippen MR) is 65.4 cm³/mol. The molecule has 1 rings (SSSR count). The zero-order valence-corrected chi connectivity index (χ0v) is 10.2.